The second-order valence-electron chi connectivity index (χ2n) is 7.46. The van der Waals surface area contributed by atoms with Crippen molar-refractivity contribution in [2.45, 2.75) is 31.8 Å². The lowest BCUT2D eigenvalue weighted by Crippen LogP contribution is -2.29. The maximum atomic E-state index is 13.1. The van der Waals surface area contributed by atoms with Crippen LogP contribution in [0, 0.1) is 0 Å². The first-order valence-corrected chi connectivity index (χ1v) is 9.65. The Morgan fingerprint density at radius 1 is 0.833 bits per heavy atom. The Kier molecular flexibility index (Phi) is 5.44. The lowest BCUT2D eigenvalue weighted by molar-refractivity contribution is -0.162. The van der Waals surface area contributed by atoms with E-state index in [1.54, 1.807) is 18.2 Å². The number of benzene rings is 3. The second-order valence-corrected chi connectivity index (χ2v) is 7.46. The van der Waals surface area contributed by atoms with Crippen LogP contribution in [-0.4, -0.2) is 11.8 Å². The summed E-state index contributed by atoms with van der Waals surface area (Å²) in [6.45, 7) is 3.62. The van der Waals surface area contributed by atoms with Crippen molar-refractivity contribution in [2.24, 2.45) is 5.90 Å². The molecule has 3 aromatic rings. The zero-order valence-corrected chi connectivity index (χ0v) is 16.8. The van der Waals surface area contributed by atoms with E-state index in [-0.39, 0.29) is 0 Å². The van der Waals surface area contributed by atoms with Crippen LogP contribution in [0.1, 0.15) is 42.7 Å². The van der Waals surface area contributed by atoms with E-state index in [0.717, 1.165) is 11.1 Å². The smallest absolute Gasteiger partial charge is 0.343 e. The molecule has 0 saturated heterocycles. The average Bonchev–Trinajstić information content (AvgIpc) is 3.07. The molecule has 6 nitrogen and oxygen atoms in total. The Morgan fingerprint density at radius 3 is 1.97 bits per heavy atom. The summed E-state index contributed by atoms with van der Waals surface area (Å²) in [7, 11) is 0. The number of carbonyl (C=O) groups excluding carboxylic acids is 1. The molecule has 3 aromatic carbocycles. The summed E-state index contributed by atoms with van der Waals surface area (Å²) < 4.78 is 17.3. The molecule has 1 aliphatic heterocycles. The Balaban J connectivity index is 1.60. The Labute approximate surface area is 175 Å². The number of rotatable bonds is 6. The van der Waals surface area contributed by atoms with Crippen LogP contribution in [0.15, 0.2) is 78.9 Å². The minimum Gasteiger partial charge on any atom is -0.450 e. The highest BCUT2D eigenvalue weighted by Gasteiger charge is 2.34. The third kappa shape index (κ3) is 4.15. The van der Waals surface area contributed by atoms with E-state index in [9.17, 15) is 4.79 Å². The molecule has 1 atom stereocenters. The molecule has 0 aromatic heterocycles. The van der Waals surface area contributed by atoms with E-state index < -0.39 is 24.0 Å². The molecule has 4 rings (SSSR count). The Hall–Kier alpha value is -3.35. The molecule has 0 amide bonds. The van der Waals surface area contributed by atoms with Crippen LogP contribution >= 0.6 is 0 Å². The fraction of sp³-hybridized carbons (Fsp3) is 0.208. The van der Waals surface area contributed by atoms with Crippen molar-refractivity contribution >= 4 is 5.97 Å². The van der Waals surface area contributed by atoms with Gasteiger partial charge in [-0.15, -0.1) is 0 Å². The van der Waals surface area contributed by atoms with Gasteiger partial charge in [-0.2, -0.15) is 0 Å². The van der Waals surface area contributed by atoms with Gasteiger partial charge in [0, 0.05) is 13.8 Å². The summed E-state index contributed by atoms with van der Waals surface area (Å²) in [6, 6.07) is 24.2. The maximum Gasteiger partial charge on any atom is 0.343 e. The highest BCUT2D eigenvalue weighted by molar-refractivity contribution is 5.77. The lowest BCUT2D eigenvalue weighted by Gasteiger charge is -2.22. The number of hydrogen-bond acceptors (Lipinski definition) is 6. The molecule has 1 heterocycles. The molecule has 0 saturated carbocycles. The normalized spacial score (nSPS) is 15.1. The first-order valence-electron chi connectivity index (χ1n) is 9.65. The summed E-state index contributed by atoms with van der Waals surface area (Å²) in [4.78, 5) is 18.1. The fourth-order valence-electron chi connectivity index (χ4n) is 3.43. The fourth-order valence-corrected chi connectivity index (χ4v) is 3.43. The zero-order valence-electron chi connectivity index (χ0n) is 16.8. The largest absolute Gasteiger partial charge is 0.450 e. The van der Waals surface area contributed by atoms with Crippen LogP contribution in [0.3, 0.4) is 0 Å². The standard InChI is InChI=1S/C24H23NO5/c1-24(2)28-19-14-13-18(15-20(19)29-24)22(30-25)23(26)27-21(16-9-5-3-6-10-16)17-11-7-4-8-12-17/h3-15,21-22H,25H2,1-2H3/t22-/m0/s1. The first-order chi connectivity index (χ1) is 14.5. The quantitative estimate of drug-likeness (QED) is 0.482. The molecule has 30 heavy (non-hydrogen) atoms. The molecule has 6 heteroatoms. The summed E-state index contributed by atoms with van der Waals surface area (Å²) in [5.74, 6) is 5.23. The van der Waals surface area contributed by atoms with Crippen LogP contribution in [0.25, 0.3) is 0 Å². The molecule has 0 radical (unpaired) electrons. The SMILES string of the molecule is CC1(C)Oc2ccc([C@H](ON)C(=O)OC(c3ccccc3)c3ccccc3)cc2O1. The van der Waals surface area contributed by atoms with Gasteiger partial charge in [0.25, 0.3) is 0 Å². The van der Waals surface area contributed by atoms with E-state index in [1.165, 1.54) is 0 Å². The number of hydrogen-bond donors (Lipinski definition) is 1. The minimum atomic E-state index is -1.11. The van der Waals surface area contributed by atoms with Crippen molar-refractivity contribution in [3.8, 4) is 11.5 Å². The van der Waals surface area contributed by atoms with Gasteiger partial charge in [-0.05, 0) is 28.8 Å². The predicted octanol–water partition coefficient (Wildman–Crippen LogP) is 4.46. The first kappa shape index (κ1) is 19.9. The minimum absolute atomic E-state index is 0.516. The summed E-state index contributed by atoms with van der Waals surface area (Å²) in [6.07, 6.45) is -1.71. The molecule has 1 aliphatic rings. The molecule has 0 fully saturated rings. The van der Waals surface area contributed by atoms with Crippen LogP contribution in [0.4, 0.5) is 0 Å². The molecule has 0 bridgehead atoms. The van der Waals surface area contributed by atoms with Crippen molar-refractivity contribution in [2.75, 3.05) is 0 Å². The number of carbonyl (C=O) groups is 1. The van der Waals surface area contributed by atoms with Crippen molar-refractivity contribution in [3.63, 3.8) is 0 Å². The predicted molar refractivity (Wildman–Crippen MR) is 111 cm³/mol. The Morgan fingerprint density at radius 2 is 1.40 bits per heavy atom. The molecular formula is C24H23NO5. The maximum absolute atomic E-state index is 13.1. The lowest BCUT2D eigenvalue weighted by atomic mass is 10.0. The van der Waals surface area contributed by atoms with Gasteiger partial charge in [-0.1, -0.05) is 66.7 Å². The highest BCUT2D eigenvalue weighted by atomic mass is 16.7. The molecule has 0 unspecified atom stereocenters. The van der Waals surface area contributed by atoms with Gasteiger partial charge in [-0.25, -0.2) is 10.7 Å². The van der Waals surface area contributed by atoms with E-state index in [1.807, 2.05) is 74.5 Å². The number of esters is 1. The summed E-state index contributed by atoms with van der Waals surface area (Å²) >= 11 is 0. The molecule has 154 valence electrons. The van der Waals surface area contributed by atoms with Gasteiger partial charge in [0.05, 0.1) is 0 Å². The topological polar surface area (TPSA) is 80.0 Å². The van der Waals surface area contributed by atoms with E-state index in [2.05, 4.69) is 0 Å². The average molecular weight is 405 g/mol. The molecule has 0 spiro atoms. The van der Waals surface area contributed by atoms with Gasteiger partial charge >= 0.3 is 5.97 Å². The third-order valence-electron chi connectivity index (χ3n) is 4.77. The highest BCUT2D eigenvalue weighted by Crippen LogP contribution is 2.41. The van der Waals surface area contributed by atoms with Crippen molar-refractivity contribution in [1.82, 2.24) is 0 Å². The van der Waals surface area contributed by atoms with Crippen LogP contribution in [0.5, 0.6) is 11.5 Å². The second kappa shape index (κ2) is 8.18. The zero-order chi connectivity index (χ0) is 21.1. The van der Waals surface area contributed by atoms with Gasteiger partial charge in [-0.3, -0.25) is 4.84 Å². The number of ether oxygens (including phenoxy) is 3. The van der Waals surface area contributed by atoms with Crippen LogP contribution in [0.2, 0.25) is 0 Å². The monoisotopic (exact) mass is 405 g/mol. The van der Waals surface area contributed by atoms with E-state index in [0.29, 0.717) is 17.1 Å². The van der Waals surface area contributed by atoms with Crippen LogP contribution in [-0.2, 0) is 14.4 Å². The van der Waals surface area contributed by atoms with Crippen molar-refractivity contribution in [3.05, 3.63) is 95.6 Å². The molecular weight excluding hydrogens is 382 g/mol. The van der Waals surface area contributed by atoms with Gasteiger partial charge in [0.15, 0.2) is 17.6 Å². The summed E-state index contributed by atoms with van der Waals surface area (Å²) in [5, 5.41) is 0. The van der Waals surface area contributed by atoms with Gasteiger partial charge in [0.1, 0.15) is 0 Å². The van der Waals surface area contributed by atoms with E-state index in [4.69, 9.17) is 24.9 Å². The van der Waals surface area contributed by atoms with Crippen LogP contribution < -0.4 is 15.4 Å². The van der Waals surface area contributed by atoms with Crippen molar-refractivity contribution in [1.29, 1.82) is 0 Å². The van der Waals surface area contributed by atoms with Crippen molar-refractivity contribution < 1.29 is 23.8 Å². The third-order valence-corrected chi connectivity index (χ3v) is 4.77. The van der Waals surface area contributed by atoms with Gasteiger partial charge < -0.3 is 14.2 Å². The molecule has 0 aliphatic carbocycles. The Bertz CT molecular complexity index is 981. The van der Waals surface area contributed by atoms with Gasteiger partial charge in [0.2, 0.25) is 11.9 Å². The number of nitrogens with two attached hydrogens (primary N) is 1. The number of fused-ring (bicyclic) bond motifs is 1. The summed E-state index contributed by atoms with van der Waals surface area (Å²) in [5.41, 5.74) is 2.21. The molecule has 2 N–H and O–H groups in total. The van der Waals surface area contributed by atoms with E-state index >= 15 is 0 Å².